The van der Waals surface area contributed by atoms with Gasteiger partial charge in [0.25, 0.3) is 0 Å². The van der Waals surface area contributed by atoms with Crippen LogP contribution in [0.25, 0.3) is 0 Å². The Kier molecular flexibility index (Phi) is 33.4. The number of benzene rings is 2. The average Bonchev–Trinajstić information content (AvgIpc) is 3.22. The lowest BCUT2D eigenvalue weighted by Gasteiger charge is -2.09. The number of allylic oxidation sites excluding steroid dienone is 2. The quantitative estimate of drug-likeness (QED) is 0.0476. The summed E-state index contributed by atoms with van der Waals surface area (Å²) in [5, 5.41) is 0. The van der Waals surface area contributed by atoms with E-state index in [9.17, 15) is 0 Å². The Morgan fingerprint density at radius 2 is 0.672 bits per heavy atom. The second-order valence-corrected chi connectivity index (χ2v) is 17.8. The fourth-order valence-corrected chi connectivity index (χ4v) is 8.29. The molecule has 0 aromatic heterocycles. The minimum absolute atomic E-state index is 0.969. The minimum Gasteiger partial charge on any atom is -0.255 e. The van der Waals surface area contributed by atoms with Crippen LogP contribution < -0.4 is 0 Å². The molecule has 0 N–H and O–H groups in total. The van der Waals surface area contributed by atoms with Crippen molar-refractivity contribution >= 4 is 23.3 Å². The normalized spacial score (nSPS) is 12.2. The van der Waals surface area contributed by atoms with Gasteiger partial charge in [0.2, 0.25) is 0 Å². The number of aliphatic imine (C=N–C) groups is 2. The zero-order valence-electron chi connectivity index (χ0n) is 39.3. The van der Waals surface area contributed by atoms with Crippen molar-refractivity contribution in [2.75, 3.05) is 0 Å². The van der Waals surface area contributed by atoms with E-state index in [0.29, 0.717) is 0 Å². The summed E-state index contributed by atoms with van der Waals surface area (Å²) in [6, 6.07) is 14.2. The van der Waals surface area contributed by atoms with Crippen molar-refractivity contribution in [2.45, 2.75) is 259 Å². The molecule has 2 aromatic carbocycles. The Bertz CT molecular complexity index is 1280. The van der Waals surface area contributed by atoms with E-state index >= 15 is 0 Å². The maximum absolute atomic E-state index is 5.32. The van der Waals surface area contributed by atoms with Gasteiger partial charge in [0.15, 0.2) is 0 Å². The van der Waals surface area contributed by atoms with E-state index in [-0.39, 0.29) is 0 Å². The molecular formula is C56H94N2. The van der Waals surface area contributed by atoms with Gasteiger partial charge in [0.05, 0.1) is 23.3 Å². The second kappa shape index (κ2) is 37.5. The Morgan fingerprint density at radius 3 is 1.03 bits per heavy atom. The summed E-state index contributed by atoms with van der Waals surface area (Å²) < 4.78 is 0. The maximum Gasteiger partial charge on any atom is 0.0816 e. The molecule has 0 radical (unpaired) electrons. The van der Waals surface area contributed by atoms with Crippen LogP contribution in [0, 0.1) is 0 Å². The second-order valence-electron chi connectivity index (χ2n) is 17.8. The van der Waals surface area contributed by atoms with Gasteiger partial charge in [-0.05, 0) is 117 Å². The molecule has 2 rings (SSSR count). The highest BCUT2D eigenvalue weighted by Crippen LogP contribution is 2.24. The lowest BCUT2D eigenvalue weighted by molar-refractivity contribution is 0.525. The van der Waals surface area contributed by atoms with Gasteiger partial charge in [-0.15, -0.1) is 0 Å². The van der Waals surface area contributed by atoms with Crippen molar-refractivity contribution in [1.82, 2.24) is 0 Å². The molecular weight excluding hydrogens is 701 g/mol. The molecule has 0 aliphatic heterocycles. The monoisotopic (exact) mass is 795 g/mol. The lowest BCUT2D eigenvalue weighted by atomic mass is 10.00. The molecule has 0 bridgehead atoms. The number of hydrogen-bond donors (Lipinski definition) is 0. The topological polar surface area (TPSA) is 24.7 Å². The summed E-state index contributed by atoms with van der Waals surface area (Å²) in [7, 11) is 0. The molecule has 0 saturated heterocycles. The van der Waals surface area contributed by atoms with Crippen LogP contribution >= 0.6 is 0 Å². The van der Waals surface area contributed by atoms with Crippen LogP contribution in [-0.4, -0.2) is 11.9 Å². The molecule has 0 saturated carbocycles. The third-order valence-corrected chi connectivity index (χ3v) is 12.0. The minimum atomic E-state index is 0.969. The maximum atomic E-state index is 5.32. The first-order valence-corrected chi connectivity index (χ1v) is 25.7. The highest BCUT2D eigenvalue weighted by molar-refractivity contribution is 6.36. The number of nitrogens with zero attached hydrogens (tertiary/aromatic N) is 2. The van der Waals surface area contributed by atoms with Gasteiger partial charge >= 0.3 is 0 Å². The van der Waals surface area contributed by atoms with Crippen molar-refractivity contribution < 1.29 is 0 Å². The van der Waals surface area contributed by atoms with Crippen molar-refractivity contribution in [3.63, 3.8) is 0 Å². The third-order valence-electron chi connectivity index (χ3n) is 12.0. The van der Waals surface area contributed by atoms with E-state index in [1.807, 2.05) is 6.21 Å². The molecule has 0 heterocycles. The van der Waals surface area contributed by atoms with E-state index in [1.165, 1.54) is 215 Å². The molecule has 0 aliphatic carbocycles. The SMILES string of the molecule is CCCCCCCCCCCCCCCCCCCC/C=C/C(C=Nc1cc(CCCCC)cc(CCCCC)c1)=Nc1cc(CCCCC)cc(CCCCC)c1. The Morgan fingerprint density at radius 1 is 0.362 bits per heavy atom. The first-order chi connectivity index (χ1) is 28.6. The van der Waals surface area contributed by atoms with E-state index in [1.54, 1.807) is 0 Å². The highest BCUT2D eigenvalue weighted by Gasteiger charge is 2.05. The predicted octanol–water partition coefficient (Wildman–Crippen LogP) is 19.1. The average molecular weight is 795 g/mol. The third kappa shape index (κ3) is 28.1. The number of rotatable bonds is 39. The Balaban J connectivity index is 2.01. The predicted molar refractivity (Wildman–Crippen MR) is 264 cm³/mol. The molecule has 58 heavy (non-hydrogen) atoms. The standard InChI is InChI=1S/C56H94N2/c1-6-11-16-17-18-19-20-21-22-23-24-25-26-27-28-29-30-31-32-37-42-54(58-56-47-52(40-35-14-9-4)44-53(48-56)41-36-15-10-5)49-57-55-45-50(38-33-12-7-2)43-51(46-55)39-34-13-8-3/h37,42-49H,6-36,38-41H2,1-5H3/b42-37+,57-49?,58-54?. The molecule has 0 fully saturated rings. The largest absolute Gasteiger partial charge is 0.255 e. The van der Waals surface area contributed by atoms with Crippen molar-refractivity contribution in [3.8, 4) is 0 Å². The number of aryl methyl sites for hydroxylation is 4. The van der Waals surface area contributed by atoms with E-state index in [2.05, 4.69) is 83.2 Å². The van der Waals surface area contributed by atoms with Crippen LogP contribution in [0.4, 0.5) is 11.4 Å². The van der Waals surface area contributed by atoms with Crippen LogP contribution in [0.2, 0.25) is 0 Å². The van der Waals surface area contributed by atoms with Gasteiger partial charge in [-0.1, -0.05) is 213 Å². The lowest BCUT2D eigenvalue weighted by Crippen LogP contribution is -1.97. The van der Waals surface area contributed by atoms with Gasteiger partial charge in [-0.25, -0.2) is 4.99 Å². The summed E-state index contributed by atoms with van der Waals surface area (Å²) in [5.41, 5.74) is 8.90. The number of hydrogen-bond acceptors (Lipinski definition) is 2. The molecule has 0 unspecified atom stereocenters. The van der Waals surface area contributed by atoms with Crippen LogP contribution in [0.15, 0.2) is 58.5 Å². The molecule has 2 aromatic rings. The summed E-state index contributed by atoms with van der Waals surface area (Å²) >= 11 is 0. The molecule has 328 valence electrons. The van der Waals surface area contributed by atoms with Gasteiger partial charge in [0.1, 0.15) is 0 Å². The Hall–Kier alpha value is -2.48. The van der Waals surface area contributed by atoms with Crippen molar-refractivity contribution in [1.29, 1.82) is 0 Å². The summed E-state index contributed by atoms with van der Waals surface area (Å²) in [4.78, 5) is 10.5. The molecule has 0 spiro atoms. The zero-order chi connectivity index (χ0) is 41.6. The highest BCUT2D eigenvalue weighted by atomic mass is 14.8. The van der Waals surface area contributed by atoms with Gasteiger partial charge in [-0.2, -0.15) is 0 Å². The fourth-order valence-electron chi connectivity index (χ4n) is 8.29. The van der Waals surface area contributed by atoms with Gasteiger partial charge in [0, 0.05) is 0 Å². The molecule has 0 amide bonds. The van der Waals surface area contributed by atoms with Crippen molar-refractivity contribution in [2.24, 2.45) is 9.98 Å². The summed E-state index contributed by atoms with van der Waals surface area (Å²) in [6.07, 6.45) is 53.1. The first-order valence-electron chi connectivity index (χ1n) is 25.7. The first kappa shape index (κ1) is 51.7. The smallest absolute Gasteiger partial charge is 0.0816 e. The summed E-state index contributed by atoms with van der Waals surface area (Å²) in [6.45, 7) is 11.5. The van der Waals surface area contributed by atoms with E-state index in [0.717, 1.165) is 49.2 Å². The molecule has 0 atom stereocenters. The Labute approximate surface area is 362 Å². The van der Waals surface area contributed by atoms with E-state index < -0.39 is 0 Å². The van der Waals surface area contributed by atoms with Gasteiger partial charge in [-0.3, -0.25) is 4.99 Å². The van der Waals surface area contributed by atoms with Crippen molar-refractivity contribution in [3.05, 3.63) is 70.8 Å². The fraction of sp³-hybridized carbons (Fsp3) is 0.714. The van der Waals surface area contributed by atoms with Gasteiger partial charge < -0.3 is 0 Å². The molecule has 0 aliphatic rings. The number of unbranched alkanes of at least 4 members (excludes halogenated alkanes) is 26. The molecule has 2 heteroatoms. The van der Waals surface area contributed by atoms with Crippen LogP contribution in [-0.2, 0) is 25.7 Å². The molecule has 2 nitrogen and oxygen atoms in total. The zero-order valence-corrected chi connectivity index (χ0v) is 39.3. The van der Waals surface area contributed by atoms with Crippen LogP contribution in [0.5, 0.6) is 0 Å². The van der Waals surface area contributed by atoms with Crippen LogP contribution in [0.1, 0.15) is 256 Å². The summed E-state index contributed by atoms with van der Waals surface area (Å²) in [5.74, 6) is 0. The van der Waals surface area contributed by atoms with E-state index in [4.69, 9.17) is 9.98 Å². The van der Waals surface area contributed by atoms with Crippen LogP contribution in [0.3, 0.4) is 0 Å².